The topological polar surface area (TPSA) is 69.4 Å². The zero-order valence-electron chi connectivity index (χ0n) is 8.49. The maximum absolute atomic E-state index is 10.9. The number of nitrogens with zero attached hydrogens (tertiary/aromatic N) is 1. The number of rotatable bonds is 6. The molecule has 0 saturated heterocycles. The molecule has 0 radical (unpaired) electrons. The average molecular weight is 201 g/mol. The van der Waals surface area contributed by atoms with E-state index < -0.39 is 10.9 Å². The third kappa shape index (κ3) is 5.29. The van der Waals surface area contributed by atoms with Crippen LogP contribution in [0.3, 0.4) is 0 Å². The van der Waals surface area contributed by atoms with Gasteiger partial charge in [0, 0.05) is 6.42 Å². The van der Waals surface area contributed by atoms with Crippen LogP contribution in [0.5, 0.6) is 0 Å². The highest BCUT2D eigenvalue weighted by Gasteiger charge is 2.12. The molecule has 5 heteroatoms. The number of nitro groups is 1. The van der Waals surface area contributed by atoms with Crippen LogP contribution < -0.4 is 0 Å². The number of carbonyl (C=O) groups is 1. The number of allylic oxidation sites excluding steroid dienone is 1. The lowest BCUT2D eigenvalue weighted by molar-refractivity contribution is -0.428. The molecule has 0 N–H and O–H groups in total. The van der Waals surface area contributed by atoms with Gasteiger partial charge in [-0.25, -0.2) is 4.79 Å². The second-order valence-electron chi connectivity index (χ2n) is 2.75. The van der Waals surface area contributed by atoms with E-state index in [1.807, 2.05) is 6.92 Å². The van der Waals surface area contributed by atoms with Crippen molar-refractivity contribution in [3.63, 3.8) is 0 Å². The Bertz CT molecular complexity index is 235. The fraction of sp³-hybridized carbons (Fsp3) is 0.667. The molecule has 0 aromatic rings. The van der Waals surface area contributed by atoms with Crippen LogP contribution in [0.4, 0.5) is 0 Å². The molecule has 0 aliphatic rings. The number of unbranched alkanes of at least 4 members (excludes halogenated alkanes) is 1. The van der Waals surface area contributed by atoms with E-state index in [4.69, 9.17) is 0 Å². The van der Waals surface area contributed by atoms with Crippen molar-refractivity contribution in [3.05, 3.63) is 21.9 Å². The minimum Gasteiger partial charge on any atom is -0.463 e. The Balaban J connectivity index is 4.31. The first-order valence-electron chi connectivity index (χ1n) is 4.63. The molecular formula is C9H15NO4. The van der Waals surface area contributed by atoms with E-state index in [2.05, 4.69) is 4.74 Å². The fourth-order valence-electron chi connectivity index (χ4n) is 0.894. The van der Waals surface area contributed by atoms with Crippen LogP contribution >= 0.6 is 0 Å². The summed E-state index contributed by atoms with van der Waals surface area (Å²) < 4.78 is 4.58. The van der Waals surface area contributed by atoms with E-state index in [0.717, 1.165) is 12.5 Å². The first kappa shape index (κ1) is 12.6. The van der Waals surface area contributed by atoms with Gasteiger partial charge in [0.15, 0.2) is 0 Å². The second kappa shape index (κ2) is 7.06. The van der Waals surface area contributed by atoms with Crippen molar-refractivity contribution < 1.29 is 14.5 Å². The van der Waals surface area contributed by atoms with E-state index in [9.17, 15) is 14.9 Å². The summed E-state index contributed by atoms with van der Waals surface area (Å²) >= 11 is 0. The Kier molecular flexibility index (Phi) is 6.36. The highest BCUT2D eigenvalue weighted by Crippen LogP contribution is 2.07. The van der Waals surface area contributed by atoms with Gasteiger partial charge >= 0.3 is 5.97 Å². The molecule has 0 heterocycles. The first-order valence-corrected chi connectivity index (χ1v) is 4.63. The Hall–Kier alpha value is -1.39. The van der Waals surface area contributed by atoms with Crippen molar-refractivity contribution in [2.45, 2.75) is 33.1 Å². The van der Waals surface area contributed by atoms with Gasteiger partial charge in [-0.1, -0.05) is 13.3 Å². The molecule has 0 fully saturated rings. The van der Waals surface area contributed by atoms with Gasteiger partial charge in [-0.3, -0.25) is 10.1 Å². The van der Waals surface area contributed by atoms with E-state index in [1.165, 1.54) is 0 Å². The molecule has 0 aromatic heterocycles. The van der Waals surface area contributed by atoms with Crippen LogP contribution in [0.2, 0.25) is 0 Å². The quantitative estimate of drug-likeness (QED) is 0.285. The summed E-state index contributed by atoms with van der Waals surface area (Å²) in [5, 5.41) is 10.5. The van der Waals surface area contributed by atoms with Crippen molar-refractivity contribution >= 4 is 5.97 Å². The lowest BCUT2D eigenvalue weighted by atomic mass is 10.2. The van der Waals surface area contributed by atoms with E-state index >= 15 is 0 Å². The SMILES string of the molecule is CCCC/C(=C/C(=O)OCC)[N+](=O)[O-]. The summed E-state index contributed by atoms with van der Waals surface area (Å²) in [5.41, 5.74) is -0.0784. The van der Waals surface area contributed by atoms with Gasteiger partial charge in [-0.2, -0.15) is 0 Å². The Morgan fingerprint density at radius 2 is 2.14 bits per heavy atom. The predicted molar refractivity (Wildman–Crippen MR) is 51.2 cm³/mol. The Labute approximate surface area is 82.9 Å². The molecule has 0 saturated carbocycles. The van der Waals surface area contributed by atoms with Crippen molar-refractivity contribution in [2.75, 3.05) is 6.61 Å². The van der Waals surface area contributed by atoms with Gasteiger partial charge in [0.1, 0.15) is 0 Å². The van der Waals surface area contributed by atoms with Crippen molar-refractivity contribution in [1.29, 1.82) is 0 Å². The van der Waals surface area contributed by atoms with Crippen LogP contribution in [-0.4, -0.2) is 17.5 Å². The molecule has 0 amide bonds. The number of esters is 1. The third-order valence-electron chi connectivity index (χ3n) is 1.59. The van der Waals surface area contributed by atoms with Crippen LogP contribution in [0.15, 0.2) is 11.8 Å². The molecule has 0 bridgehead atoms. The fourth-order valence-corrected chi connectivity index (χ4v) is 0.894. The first-order chi connectivity index (χ1) is 6.61. The second-order valence-corrected chi connectivity index (χ2v) is 2.75. The van der Waals surface area contributed by atoms with Gasteiger partial charge in [-0.05, 0) is 13.3 Å². The van der Waals surface area contributed by atoms with Gasteiger partial charge in [-0.15, -0.1) is 0 Å². The van der Waals surface area contributed by atoms with Crippen LogP contribution in [0.1, 0.15) is 33.1 Å². The Morgan fingerprint density at radius 3 is 2.57 bits per heavy atom. The maximum Gasteiger partial charge on any atom is 0.337 e. The molecule has 0 rings (SSSR count). The Morgan fingerprint density at radius 1 is 1.50 bits per heavy atom. The lowest BCUT2D eigenvalue weighted by Crippen LogP contribution is -2.06. The van der Waals surface area contributed by atoms with Crippen LogP contribution in [0.25, 0.3) is 0 Å². The van der Waals surface area contributed by atoms with Gasteiger partial charge in [0.05, 0.1) is 17.6 Å². The predicted octanol–water partition coefficient (Wildman–Crippen LogP) is 1.90. The largest absolute Gasteiger partial charge is 0.463 e. The summed E-state index contributed by atoms with van der Waals surface area (Å²) in [6.07, 6.45) is 2.82. The smallest absolute Gasteiger partial charge is 0.337 e. The standard InChI is InChI=1S/C9H15NO4/c1-3-5-6-8(10(12)13)7-9(11)14-4-2/h7H,3-6H2,1-2H3/b8-7-. The van der Waals surface area contributed by atoms with Crippen molar-refractivity contribution in [3.8, 4) is 0 Å². The summed E-state index contributed by atoms with van der Waals surface area (Å²) in [4.78, 5) is 20.9. The van der Waals surface area contributed by atoms with Crippen molar-refractivity contribution in [2.24, 2.45) is 0 Å². The van der Waals surface area contributed by atoms with Gasteiger partial charge in [0.25, 0.3) is 5.70 Å². The highest BCUT2D eigenvalue weighted by atomic mass is 16.6. The van der Waals surface area contributed by atoms with Crippen LogP contribution in [0, 0.1) is 10.1 Å². The molecular weight excluding hydrogens is 186 g/mol. The monoisotopic (exact) mass is 201 g/mol. The van der Waals surface area contributed by atoms with E-state index in [-0.39, 0.29) is 12.3 Å². The number of hydrogen-bond donors (Lipinski definition) is 0. The molecule has 0 aliphatic heterocycles. The molecule has 0 aliphatic carbocycles. The summed E-state index contributed by atoms with van der Waals surface area (Å²) in [6, 6.07) is 0. The molecule has 0 atom stereocenters. The highest BCUT2D eigenvalue weighted by molar-refractivity contribution is 5.82. The summed E-state index contributed by atoms with van der Waals surface area (Å²) in [5.74, 6) is -0.643. The molecule has 5 nitrogen and oxygen atoms in total. The summed E-state index contributed by atoms with van der Waals surface area (Å²) in [6.45, 7) is 3.82. The molecule has 80 valence electrons. The molecule has 0 unspecified atom stereocenters. The molecule has 0 spiro atoms. The normalized spacial score (nSPS) is 11.1. The number of carbonyl (C=O) groups excluding carboxylic acids is 1. The van der Waals surface area contributed by atoms with Crippen LogP contribution in [-0.2, 0) is 9.53 Å². The van der Waals surface area contributed by atoms with Gasteiger partial charge in [0.2, 0.25) is 0 Å². The maximum atomic E-state index is 10.9. The lowest BCUT2D eigenvalue weighted by Gasteiger charge is -1.98. The minimum absolute atomic E-state index is 0.0784. The minimum atomic E-state index is -0.643. The van der Waals surface area contributed by atoms with E-state index in [1.54, 1.807) is 6.92 Å². The van der Waals surface area contributed by atoms with Gasteiger partial charge < -0.3 is 4.74 Å². The van der Waals surface area contributed by atoms with E-state index in [0.29, 0.717) is 12.8 Å². The zero-order valence-corrected chi connectivity index (χ0v) is 8.49. The number of ether oxygens (including phenoxy) is 1. The molecule has 0 aromatic carbocycles. The molecule has 14 heavy (non-hydrogen) atoms. The van der Waals surface area contributed by atoms with Crippen molar-refractivity contribution in [1.82, 2.24) is 0 Å². The zero-order chi connectivity index (χ0) is 11.0. The number of hydrogen-bond acceptors (Lipinski definition) is 4. The third-order valence-corrected chi connectivity index (χ3v) is 1.59. The average Bonchev–Trinajstić information content (AvgIpc) is 2.12. The summed E-state index contributed by atoms with van der Waals surface area (Å²) in [7, 11) is 0.